The highest BCUT2D eigenvalue weighted by molar-refractivity contribution is 5.80. The van der Waals surface area contributed by atoms with Gasteiger partial charge in [-0.25, -0.2) is 0 Å². The third kappa shape index (κ3) is 6.40. The fraction of sp³-hybridized carbons (Fsp3) is 0.333. The van der Waals surface area contributed by atoms with E-state index in [-0.39, 0.29) is 41.3 Å². The Kier molecular flexibility index (Phi) is 9.00. The average Bonchev–Trinajstić information content (AvgIpc) is 3.33. The Hall–Kier alpha value is -4.44. The second-order valence-corrected chi connectivity index (χ2v) is 9.54. The first-order valence-corrected chi connectivity index (χ1v) is 12.8. The first-order chi connectivity index (χ1) is 19.2. The summed E-state index contributed by atoms with van der Waals surface area (Å²) in [5, 5.41) is 32.8. The topological polar surface area (TPSA) is 144 Å². The lowest BCUT2D eigenvalue weighted by atomic mass is 9.82. The summed E-state index contributed by atoms with van der Waals surface area (Å²) in [4.78, 5) is 25.6. The van der Waals surface area contributed by atoms with E-state index in [4.69, 9.17) is 18.9 Å². The van der Waals surface area contributed by atoms with Crippen molar-refractivity contribution < 1.29 is 43.9 Å². The van der Waals surface area contributed by atoms with Crippen LogP contribution in [0, 0.1) is 11.8 Å². The molecular formula is C30H33NO9. The largest absolute Gasteiger partial charge is 0.508 e. The Labute approximate surface area is 232 Å². The maximum Gasteiger partial charge on any atom is 0.302 e. The number of nitrogens with one attached hydrogen (secondary N) is 1. The number of phenolic OH excluding ortho intramolecular Hbond substituents is 3. The maximum atomic E-state index is 13.8. The lowest BCUT2D eigenvalue weighted by Crippen LogP contribution is -2.38. The van der Waals surface area contributed by atoms with E-state index in [1.807, 2.05) is 0 Å². The molecule has 40 heavy (non-hydrogen) atoms. The summed E-state index contributed by atoms with van der Waals surface area (Å²) < 4.78 is 22.5. The molecule has 1 heterocycles. The second-order valence-electron chi connectivity index (χ2n) is 9.54. The lowest BCUT2D eigenvalue weighted by molar-refractivity contribution is -0.144. The zero-order valence-corrected chi connectivity index (χ0v) is 22.5. The van der Waals surface area contributed by atoms with Gasteiger partial charge in [-0.3, -0.25) is 9.59 Å². The Balaban J connectivity index is 1.69. The summed E-state index contributed by atoms with van der Waals surface area (Å²) >= 11 is 0. The van der Waals surface area contributed by atoms with Crippen LogP contribution < -0.4 is 14.8 Å². The molecule has 0 spiro atoms. The summed E-state index contributed by atoms with van der Waals surface area (Å²) in [5.41, 5.74) is 2.16. The number of rotatable bonds is 10. The van der Waals surface area contributed by atoms with Gasteiger partial charge >= 0.3 is 5.97 Å². The molecule has 10 nitrogen and oxygen atoms in total. The molecule has 1 amide bonds. The van der Waals surface area contributed by atoms with Gasteiger partial charge in [0.2, 0.25) is 5.91 Å². The molecule has 4 N–H and O–H groups in total. The Bertz CT molecular complexity index is 1340. The van der Waals surface area contributed by atoms with Crippen molar-refractivity contribution in [2.24, 2.45) is 11.8 Å². The summed E-state index contributed by atoms with van der Waals surface area (Å²) in [6, 6.07) is 16.2. The first-order valence-electron chi connectivity index (χ1n) is 12.8. The minimum atomic E-state index is -0.793. The van der Waals surface area contributed by atoms with Gasteiger partial charge in [-0.2, -0.15) is 0 Å². The first kappa shape index (κ1) is 28.6. The van der Waals surface area contributed by atoms with Crippen LogP contribution in [0.1, 0.15) is 35.8 Å². The van der Waals surface area contributed by atoms with Gasteiger partial charge in [0.05, 0.1) is 39.0 Å². The molecule has 10 heteroatoms. The van der Waals surface area contributed by atoms with Crippen molar-refractivity contribution in [2.45, 2.75) is 25.6 Å². The standard InChI is InChI=1S/C30H33NO9/c1-17(32)39-16-22-27(30(36)31-13-12-18-4-8-21(33)9-5-18)29(20-7-11-24(35)26(15-20)38-3)40-28(22)19-6-10-23(34)25(14-19)37-2/h4-11,14-15,22,27-29,33-35H,12-13,16H2,1-3H3,(H,31,36). The van der Waals surface area contributed by atoms with Crippen LogP contribution in [0.5, 0.6) is 28.7 Å². The number of aromatic hydroxyl groups is 3. The van der Waals surface area contributed by atoms with E-state index in [0.29, 0.717) is 24.1 Å². The lowest BCUT2D eigenvalue weighted by Gasteiger charge is -2.24. The number of hydrogen-bond acceptors (Lipinski definition) is 9. The van der Waals surface area contributed by atoms with Crippen LogP contribution >= 0.6 is 0 Å². The van der Waals surface area contributed by atoms with Crippen molar-refractivity contribution in [3.8, 4) is 28.7 Å². The molecule has 1 aliphatic heterocycles. The van der Waals surface area contributed by atoms with E-state index in [1.165, 1.54) is 33.3 Å². The Morgan fingerprint density at radius 2 is 1.43 bits per heavy atom. The minimum Gasteiger partial charge on any atom is -0.508 e. The highest BCUT2D eigenvalue weighted by Crippen LogP contribution is 2.51. The van der Waals surface area contributed by atoms with Crippen LogP contribution in [-0.2, 0) is 25.5 Å². The Morgan fingerprint density at radius 3 is 1.98 bits per heavy atom. The van der Waals surface area contributed by atoms with Gasteiger partial charge in [0.25, 0.3) is 0 Å². The second kappa shape index (κ2) is 12.6. The van der Waals surface area contributed by atoms with Gasteiger partial charge in [-0.15, -0.1) is 0 Å². The molecule has 3 aromatic carbocycles. The smallest absolute Gasteiger partial charge is 0.302 e. The number of hydrogen-bond donors (Lipinski definition) is 4. The predicted octanol–water partition coefficient (Wildman–Crippen LogP) is 3.79. The number of carbonyl (C=O) groups is 2. The fourth-order valence-corrected chi connectivity index (χ4v) is 4.96. The summed E-state index contributed by atoms with van der Waals surface area (Å²) in [5.74, 6) is -1.69. The normalized spacial score (nSPS) is 20.1. The van der Waals surface area contributed by atoms with Crippen LogP contribution in [0.4, 0.5) is 0 Å². The molecule has 0 radical (unpaired) electrons. The third-order valence-electron chi connectivity index (χ3n) is 6.97. The van der Waals surface area contributed by atoms with Gasteiger partial charge in [0.15, 0.2) is 23.0 Å². The Morgan fingerprint density at radius 1 is 0.850 bits per heavy atom. The summed E-state index contributed by atoms with van der Waals surface area (Å²) in [6.45, 7) is 1.53. The molecule has 0 bridgehead atoms. The maximum absolute atomic E-state index is 13.8. The molecule has 4 atom stereocenters. The summed E-state index contributed by atoms with van der Waals surface area (Å²) in [7, 11) is 2.86. The molecule has 0 aliphatic carbocycles. The number of ether oxygens (including phenoxy) is 4. The van der Waals surface area contributed by atoms with Crippen molar-refractivity contribution in [3.63, 3.8) is 0 Å². The number of carbonyl (C=O) groups excluding carboxylic acids is 2. The van der Waals surface area contributed by atoms with E-state index in [0.717, 1.165) is 5.56 Å². The molecular weight excluding hydrogens is 518 g/mol. The van der Waals surface area contributed by atoms with Gasteiger partial charge in [0.1, 0.15) is 5.75 Å². The fourth-order valence-electron chi connectivity index (χ4n) is 4.96. The van der Waals surface area contributed by atoms with Crippen LogP contribution in [0.2, 0.25) is 0 Å². The van der Waals surface area contributed by atoms with E-state index in [9.17, 15) is 24.9 Å². The number of amides is 1. The SMILES string of the molecule is COc1cc(C2OC(c3ccc(O)c(OC)c3)C(C(=O)NCCc3ccc(O)cc3)C2COC(C)=O)ccc1O. The average molecular weight is 552 g/mol. The number of phenols is 3. The molecule has 1 saturated heterocycles. The van der Waals surface area contributed by atoms with Gasteiger partial charge in [0, 0.05) is 19.4 Å². The molecule has 4 rings (SSSR count). The van der Waals surface area contributed by atoms with E-state index < -0.39 is 30.0 Å². The van der Waals surface area contributed by atoms with Crippen LogP contribution in [-0.4, -0.2) is 54.6 Å². The summed E-state index contributed by atoms with van der Waals surface area (Å²) in [6.07, 6.45) is -0.954. The van der Waals surface area contributed by atoms with Crippen molar-refractivity contribution in [1.82, 2.24) is 5.32 Å². The van der Waals surface area contributed by atoms with Crippen LogP contribution in [0.3, 0.4) is 0 Å². The van der Waals surface area contributed by atoms with Crippen molar-refractivity contribution >= 4 is 11.9 Å². The van der Waals surface area contributed by atoms with E-state index in [1.54, 1.807) is 48.5 Å². The molecule has 4 unspecified atom stereocenters. The van der Waals surface area contributed by atoms with Gasteiger partial charge in [-0.1, -0.05) is 24.3 Å². The van der Waals surface area contributed by atoms with E-state index >= 15 is 0 Å². The van der Waals surface area contributed by atoms with Crippen molar-refractivity contribution in [2.75, 3.05) is 27.4 Å². The van der Waals surface area contributed by atoms with Gasteiger partial charge < -0.3 is 39.6 Å². The molecule has 212 valence electrons. The molecule has 1 aliphatic rings. The number of esters is 1. The highest BCUT2D eigenvalue weighted by Gasteiger charge is 2.50. The predicted molar refractivity (Wildman–Crippen MR) is 144 cm³/mol. The van der Waals surface area contributed by atoms with Crippen LogP contribution in [0.25, 0.3) is 0 Å². The molecule has 1 fully saturated rings. The number of methoxy groups -OCH3 is 2. The zero-order valence-electron chi connectivity index (χ0n) is 22.5. The molecule has 0 aromatic heterocycles. The number of benzene rings is 3. The van der Waals surface area contributed by atoms with E-state index in [2.05, 4.69) is 5.32 Å². The van der Waals surface area contributed by atoms with Crippen molar-refractivity contribution in [3.05, 3.63) is 77.4 Å². The van der Waals surface area contributed by atoms with Crippen LogP contribution in [0.15, 0.2) is 60.7 Å². The zero-order chi connectivity index (χ0) is 28.8. The quantitative estimate of drug-likeness (QED) is 0.277. The minimum absolute atomic E-state index is 0.0517. The molecule has 0 saturated carbocycles. The van der Waals surface area contributed by atoms with Gasteiger partial charge in [-0.05, 0) is 59.5 Å². The highest BCUT2D eigenvalue weighted by atomic mass is 16.5. The third-order valence-corrected chi connectivity index (χ3v) is 6.97. The molecule has 3 aromatic rings. The monoisotopic (exact) mass is 551 g/mol. The van der Waals surface area contributed by atoms with Crippen molar-refractivity contribution in [1.29, 1.82) is 0 Å².